The van der Waals surface area contributed by atoms with Crippen molar-refractivity contribution in [2.75, 3.05) is 5.32 Å². The van der Waals surface area contributed by atoms with Crippen molar-refractivity contribution in [3.05, 3.63) is 47.0 Å². The monoisotopic (exact) mass is 402 g/mol. The maximum absolute atomic E-state index is 12.9. The third-order valence-electron chi connectivity index (χ3n) is 4.23. The van der Waals surface area contributed by atoms with Crippen LogP contribution in [0.25, 0.3) is 0 Å². The molecule has 2 aromatic rings. The predicted molar refractivity (Wildman–Crippen MR) is 101 cm³/mol. The van der Waals surface area contributed by atoms with E-state index in [0.717, 1.165) is 16.2 Å². The average Bonchev–Trinajstić information content (AvgIpc) is 3.25. The van der Waals surface area contributed by atoms with Gasteiger partial charge in [0.2, 0.25) is 5.91 Å². The summed E-state index contributed by atoms with van der Waals surface area (Å²) < 4.78 is 0. The minimum absolute atomic E-state index is 0.0927. The number of imide groups is 1. The van der Waals surface area contributed by atoms with Crippen molar-refractivity contribution in [3.63, 3.8) is 0 Å². The Kier molecular flexibility index (Phi) is 5.69. The Balaban J connectivity index is 1.80. The molecule has 28 heavy (non-hydrogen) atoms. The van der Waals surface area contributed by atoms with Crippen LogP contribution in [-0.4, -0.2) is 44.8 Å². The predicted octanol–water partition coefficient (Wildman–Crippen LogP) is 2.24. The highest BCUT2D eigenvalue weighted by atomic mass is 32.1. The minimum atomic E-state index is -1.21. The number of hydrogen-bond acceptors (Lipinski definition) is 6. The number of thiazole rings is 1. The van der Waals surface area contributed by atoms with E-state index in [1.54, 1.807) is 30.3 Å². The summed E-state index contributed by atoms with van der Waals surface area (Å²) in [6, 6.07) is 6.26. The second kappa shape index (κ2) is 8.17. The zero-order valence-corrected chi connectivity index (χ0v) is 15.7. The molecule has 1 aliphatic heterocycles. The average molecular weight is 402 g/mol. The smallest absolute Gasteiger partial charge is 0.355 e. The van der Waals surface area contributed by atoms with Crippen LogP contribution in [0.3, 0.4) is 0 Å². The van der Waals surface area contributed by atoms with E-state index < -0.39 is 35.9 Å². The van der Waals surface area contributed by atoms with Gasteiger partial charge >= 0.3 is 12.0 Å². The van der Waals surface area contributed by atoms with E-state index >= 15 is 0 Å². The van der Waals surface area contributed by atoms with Crippen LogP contribution in [0.4, 0.5) is 9.93 Å². The van der Waals surface area contributed by atoms with Gasteiger partial charge in [-0.25, -0.2) is 19.5 Å². The van der Waals surface area contributed by atoms with E-state index in [1.165, 1.54) is 5.38 Å². The molecule has 1 unspecified atom stereocenters. The van der Waals surface area contributed by atoms with Crippen molar-refractivity contribution < 1.29 is 24.3 Å². The molecule has 0 saturated carbocycles. The van der Waals surface area contributed by atoms with Crippen molar-refractivity contribution in [1.82, 2.24) is 15.2 Å². The summed E-state index contributed by atoms with van der Waals surface area (Å²) in [4.78, 5) is 53.7. The number of aromatic nitrogens is 1. The molecule has 10 heteroatoms. The minimum Gasteiger partial charge on any atom is -0.476 e. The molecule has 0 radical (unpaired) electrons. The fourth-order valence-electron chi connectivity index (χ4n) is 2.93. The first-order valence-corrected chi connectivity index (χ1v) is 9.48. The lowest BCUT2D eigenvalue weighted by molar-refractivity contribution is -0.134. The lowest BCUT2D eigenvalue weighted by Crippen LogP contribution is -2.47. The van der Waals surface area contributed by atoms with E-state index in [4.69, 9.17) is 5.11 Å². The summed E-state index contributed by atoms with van der Waals surface area (Å²) >= 11 is 0.955. The lowest BCUT2D eigenvalue weighted by atomic mass is 10.1. The molecule has 1 aromatic carbocycles. The van der Waals surface area contributed by atoms with Crippen molar-refractivity contribution in [2.45, 2.75) is 31.8 Å². The van der Waals surface area contributed by atoms with Gasteiger partial charge < -0.3 is 15.7 Å². The molecule has 9 nitrogen and oxygen atoms in total. The zero-order chi connectivity index (χ0) is 20.3. The quantitative estimate of drug-likeness (QED) is 0.609. The van der Waals surface area contributed by atoms with Crippen LogP contribution in [0.15, 0.2) is 35.7 Å². The van der Waals surface area contributed by atoms with Gasteiger partial charge in [-0.1, -0.05) is 43.7 Å². The number of urea groups is 1. The molecule has 1 aromatic heterocycles. The van der Waals surface area contributed by atoms with Crippen LogP contribution in [0.2, 0.25) is 0 Å². The Hall–Kier alpha value is -3.27. The Morgan fingerprint density at radius 1 is 1.32 bits per heavy atom. The molecule has 3 N–H and O–H groups in total. The number of carboxylic acid groups (broad SMARTS) is 1. The summed E-state index contributed by atoms with van der Waals surface area (Å²) in [7, 11) is 0. The van der Waals surface area contributed by atoms with Crippen LogP contribution >= 0.6 is 11.3 Å². The van der Waals surface area contributed by atoms with Gasteiger partial charge in [0.25, 0.3) is 5.91 Å². The number of rotatable bonds is 7. The zero-order valence-electron chi connectivity index (χ0n) is 14.9. The molecule has 4 amide bonds. The number of carbonyl (C=O) groups excluding carboxylic acids is 3. The molecule has 2 heterocycles. The molecule has 0 bridgehead atoms. The fraction of sp³-hybridized carbons (Fsp3) is 0.278. The van der Waals surface area contributed by atoms with E-state index in [0.29, 0.717) is 12.0 Å². The Morgan fingerprint density at radius 3 is 2.64 bits per heavy atom. The Labute approximate surface area is 164 Å². The second-order valence-corrected chi connectivity index (χ2v) is 7.00. The van der Waals surface area contributed by atoms with Crippen LogP contribution in [0.5, 0.6) is 0 Å². The molecule has 1 fully saturated rings. The highest BCUT2D eigenvalue weighted by molar-refractivity contribution is 7.14. The molecule has 1 saturated heterocycles. The largest absolute Gasteiger partial charge is 0.476 e. The molecule has 0 aliphatic carbocycles. The van der Waals surface area contributed by atoms with Crippen LogP contribution in [0, 0.1) is 0 Å². The summed E-state index contributed by atoms with van der Waals surface area (Å²) in [6.07, 6.45) is 0.826. The maximum atomic E-state index is 12.9. The number of amides is 4. The number of carboxylic acids is 1. The standard InChI is InChI=1S/C18H18N4O5S/c1-2-6-12(14(23)21-17-19-11(9-28-17)16(25)26)22-15(24)13(20-18(22)27)10-7-4-3-5-8-10/h3-5,7-9,12-13H,2,6H2,1H3,(H,20,27)(H,25,26)(H,19,21,23)/t12?,13-/m0/s1. The number of aromatic carboxylic acids is 1. The molecule has 1 aliphatic rings. The van der Waals surface area contributed by atoms with Gasteiger partial charge in [-0.3, -0.25) is 9.59 Å². The van der Waals surface area contributed by atoms with Gasteiger partial charge in [-0.15, -0.1) is 11.3 Å². The SMILES string of the molecule is CCCC(C(=O)Nc1nc(C(=O)O)cs1)N1C(=O)N[C@@H](c2ccccc2)C1=O. The molecular weight excluding hydrogens is 384 g/mol. The first kappa shape index (κ1) is 19.5. The van der Waals surface area contributed by atoms with Gasteiger partial charge in [0.1, 0.15) is 12.1 Å². The van der Waals surface area contributed by atoms with E-state index in [9.17, 15) is 19.2 Å². The fourth-order valence-corrected chi connectivity index (χ4v) is 3.62. The summed E-state index contributed by atoms with van der Waals surface area (Å²) in [6.45, 7) is 1.83. The summed E-state index contributed by atoms with van der Waals surface area (Å²) in [5.74, 6) is -2.30. The molecule has 3 rings (SSSR count). The maximum Gasteiger partial charge on any atom is 0.355 e. The number of nitrogens with zero attached hydrogens (tertiary/aromatic N) is 2. The highest BCUT2D eigenvalue weighted by Gasteiger charge is 2.44. The molecule has 146 valence electrons. The molecular formula is C18H18N4O5S. The number of carbonyl (C=O) groups is 4. The number of hydrogen-bond donors (Lipinski definition) is 3. The van der Waals surface area contributed by atoms with Gasteiger partial charge in [0, 0.05) is 5.38 Å². The topological polar surface area (TPSA) is 129 Å². The number of benzene rings is 1. The lowest BCUT2D eigenvalue weighted by Gasteiger charge is -2.23. The molecule has 2 atom stereocenters. The van der Waals surface area contributed by atoms with Gasteiger partial charge in [0.15, 0.2) is 10.8 Å². The summed E-state index contributed by atoms with van der Waals surface area (Å²) in [5.41, 5.74) is 0.441. The van der Waals surface area contributed by atoms with Crippen molar-refractivity contribution in [3.8, 4) is 0 Å². The van der Waals surface area contributed by atoms with E-state index in [2.05, 4.69) is 15.6 Å². The molecule has 0 spiro atoms. The Bertz CT molecular complexity index is 914. The Morgan fingerprint density at radius 2 is 2.04 bits per heavy atom. The third-order valence-corrected chi connectivity index (χ3v) is 4.99. The first-order valence-electron chi connectivity index (χ1n) is 8.60. The van der Waals surface area contributed by atoms with Crippen molar-refractivity contribution in [1.29, 1.82) is 0 Å². The van der Waals surface area contributed by atoms with Gasteiger partial charge in [-0.05, 0) is 12.0 Å². The number of anilines is 1. The van der Waals surface area contributed by atoms with Crippen LogP contribution in [0.1, 0.15) is 41.9 Å². The van der Waals surface area contributed by atoms with E-state index in [-0.39, 0.29) is 17.2 Å². The normalized spacial score (nSPS) is 17.3. The number of nitrogens with one attached hydrogen (secondary N) is 2. The van der Waals surface area contributed by atoms with Crippen molar-refractivity contribution in [2.24, 2.45) is 0 Å². The van der Waals surface area contributed by atoms with Crippen molar-refractivity contribution >= 4 is 40.3 Å². The summed E-state index contributed by atoms with van der Waals surface area (Å²) in [5, 5.41) is 15.4. The highest BCUT2D eigenvalue weighted by Crippen LogP contribution is 2.26. The van der Waals surface area contributed by atoms with Gasteiger partial charge in [0.05, 0.1) is 0 Å². The van der Waals surface area contributed by atoms with E-state index in [1.807, 2.05) is 6.92 Å². The second-order valence-electron chi connectivity index (χ2n) is 6.14. The van der Waals surface area contributed by atoms with Crippen LogP contribution < -0.4 is 10.6 Å². The van der Waals surface area contributed by atoms with Gasteiger partial charge in [-0.2, -0.15) is 0 Å². The third kappa shape index (κ3) is 3.86. The first-order chi connectivity index (χ1) is 13.4. The van der Waals surface area contributed by atoms with Crippen LogP contribution in [-0.2, 0) is 9.59 Å².